The van der Waals surface area contributed by atoms with E-state index in [9.17, 15) is 14.7 Å². The molecule has 26 heavy (non-hydrogen) atoms. The third-order valence-corrected chi connectivity index (χ3v) is 5.13. The average molecular weight is 397 g/mol. The van der Waals surface area contributed by atoms with Crippen molar-refractivity contribution >= 4 is 35.6 Å². The van der Waals surface area contributed by atoms with E-state index in [4.69, 9.17) is 0 Å². The minimum atomic E-state index is -0.807. The van der Waals surface area contributed by atoms with Crippen molar-refractivity contribution in [2.45, 2.75) is 38.9 Å². The molecule has 140 valence electrons. The van der Waals surface area contributed by atoms with Gasteiger partial charge in [0.15, 0.2) is 0 Å². The van der Waals surface area contributed by atoms with E-state index in [0.29, 0.717) is 29.5 Å². The van der Waals surface area contributed by atoms with E-state index in [1.807, 2.05) is 36.1 Å². The van der Waals surface area contributed by atoms with Crippen molar-refractivity contribution in [3.63, 3.8) is 0 Å². The Labute approximate surface area is 161 Å². The number of benzene rings is 1. The number of carbonyl (C=O) groups is 2. The minimum absolute atomic E-state index is 0. The maximum absolute atomic E-state index is 12.2. The third kappa shape index (κ3) is 5.00. The van der Waals surface area contributed by atoms with Crippen LogP contribution in [0.4, 0.5) is 0 Å². The van der Waals surface area contributed by atoms with Crippen LogP contribution in [0.1, 0.15) is 38.8 Å². The third-order valence-electron chi connectivity index (χ3n) is 4.22. The molecule has 9 heteroatoms. The predicted octanol–water partition coefficient (Wildman–Crippen LogP) is 2.25. The number of carboxylic acid groups (broad SMARTS) is 1. The van der Waals surface area contributed by atoms with Crippen LogP contribution in [-0.2, 0) is 17.9 Å². The highest BCUT2D eigenvalue weighted by Crippen LogP contribution is 2.21. The Bertz CT molecular complexity index is 766. The highest BCUT2D eigenvalue weighted by Gasteiger charge is 2.31. The molecule has 2 N–H and O–H groups in total. The summed E-state index contributed by atoms with van der Waals surface area (Å²) in [5.41, 5.74) is 2.19. The molecule has 7 nitrogen and oxygen atoms in total. The molecule has 0 bridgehead atoms. The molecule has 1 saturated heterocycles. The van der Waals surface area contributed by atoms with E-state index >= 15 is 0 Å². The van der Waals surface area contributed by atoms with Crippen LogP contribution in [-0.4, -0.2) is 44.7 Å². The number of likely N-dealkylation sites (tertiary alicyclic amines) is 1. The molecule has 1 aromatic carbocycles. The summed E-state index contributed by atoms with van der Waals surface area (Å²) in [7, 11) is 0. The number of rotatable bonds is 6. The summed E-state index contributed by atoms with van der Waals surface area (Å²) in [5, 5.41) is 21.0. The first-order chi connectivity index (χ1) is 12.0. The van der Waals surface area contributed by atoms with Crippen LogP contribution < -0.4 is 5.32 Å². The Morgan fingerprint density at radius 1 is 1.31 bits per heavy atom. The normalized spacial score (nSPS) is 16.9. The lowest BCUT2D eigenvalue weighted by molar-refractivity contribution is -0.142. The number of aromatic nitrogens is 2. The van der Waals surface area contributed by atoms with E-state index in [2.05, 4.69) is 15.5 Å². The highest BCUT2D eigenvalue weighted by atomic mass is 35.5. The molecule has 2 aromatic rings. The van der Waals surface area contributed by atoms with Gasteiger partial charge >= 0.3 is 5.97 Å². The zero-order valence-electron chi connectivity index (χ0n) is 14.3. The van der Waals surface area contributed by atoms with Crippen LogP contribution >= 0.6 is 23.7 Å². The molecule has 0 aliphatic carbocycles. The summed E-state index contributed by atoms with van der Waals surface area (Å²) in [6, 6.07) is 7.47. The first-order valence-corrected chi connectivity index (χ1v) is 8.97. The van der Waals surface area contributed by atoms with Gasteiger partial charge in [0.1, 0.15) is 11.0 Å². The zero-order chi connectivity index (χ0) is 17.8. The van der Waals surface area contributed by atoms with E-state index in [1.165, 1.54) is 16.9 Å². The molecular weight excluding hydrogens is 376 g/mol. The molecule has 1 aliphatic rings. The van der Waals surface area contributed by atoms with Gasteiger partial charge in [-0.1, -0.05) is 41.2 Å². The summed E-state index contributed by atoms with van der Waals surface area (Å²) in [6.45, 7) is 3.59. The van der Waals surface area contributed by atoms with Crippen molar-refractivity contribution in [1.82, 2.24) is 20.4 Å². The first-order valence-electron chi connectivity index (χ1n) is 8.16. The smallest absolute Gasteiger partial charge is 0.320 e. The number of carbonyl (C=O) groups excluding carboxylic acids is 1. The molecule has 0 saturated carbocycles. The van der Waals surface area contributed by atoms with Gasteiger partial charge in [-0.25, -0.2) is 0 Å². The molecular formula is C17H21ClN4O3S. The lowest BCUT2D eigenvalue weighted by atomic mass is 10.1. The van der Waals surface area contributed by atoms with Crippen molar-refractivity contribution in [3.05, 3.63) is 45.4 Å². The van der Waals surface area contributed by atoms with E-state index < -0.39 is 12.0 Å². The minimum Gasteiger partial charge on any atom is -0.480 e. The fraction of sp³-hybridized carbons (Fsp3) is 0.412. The lowest BCUT2D eigenvalue weighted by Crippen LogP contribution is -2.35. The van der Waals surface area contributed by atoms with Gasteiger partial charge in [0.25, 0.3) is 5.91 Å². The molecule has 0 radical (unpaired) electrons. The molecule has 1 aliphatic heterocycles. The summed E-state index contributed by atoms with van der Waals surface area (Å²) >= 11 is 1.21. The Hall–Kier alpha value is -2.03. The predicted molar refractivity (Wildman–Crippen MR) is 101 cm³/mol. The Morgan fingerprint density at radius 2 is 2.04 bits per heavy atom. The first kappa shape index (κ1) is 20.3. The fourth-order valence-corrected chi connectivity index (χ4v) is 3.62. The Balaban J connectivity index is 0.00000243. The molecule has 1 amide bonds. The van der Waals surface area contributed by atoms with Crippen molar-refractivity contribution < 1.29 is 14.7 Å². The summed E-state index contributed by atoms with van der Waals surface area (Å²) in [5.74, 6) is -1.07. The van der Waals surface area contributed by atoms with Crippen molar-refractivity contribution in [2.75, 3.05) is 6.54 Å². The standard InChI is InChI=1S/C17H20N4O3S.ClH/c1-11-4-6-12(7-5-11)9-18-15(22)16-20-19-14(25-16)10-21-8-2-3-13(21)17(23)24;/h4-7,13H,2-3,8-10H2,1H3,(H,18,22)(H,23,24);1H/t13-;/m1./s1. The second kappa shape index (κ2) is 9.07. The second-order valence-corrected chi connectivity index (χ2v) is 7.20. The summed E-state index contributed by atoms with van der Waals surface area (Å²) in [4.78, 5) is 25.3. The number of halogens is 1. The molecule has 1 atom stereocenters. The number of nitrogens with one attached hydrogen (secondary N) is 1. The molecule has 0 spiro atoms. The zero-order valence-corrected chi connectivity index (χ0v) is 16.0. The number of aliphatic carboxylic acids is 1. The highest BCUT2D eigenvalue weighted by molar-refractivity contribution is 7.13. The number of carboxylic acids is 1. The maximum atomic E-state index is 12.2. The van der Waals surface area contributed by atoms with E-state index in [1.54, 1.807) is 0 Å². The quantitative estimate of drug-likeness (QED) is 0.777. The van der Waals surface area contributed by atoms with Crippen LogP contribution in [0.15, 0.2) is 24.3 Å². The number of hydrogen-bond donors (Lipinski definition) is 2. The number of amides is 1. The Morgan fingerprint density at radius 3 is 2.73 bits per heavy atom. The average Bonchev–Trinajstić information content (AvgIpc) is 3.24. The van der Waals surface area contributed by atoms with Crippen LogP contribution in [0.3, 0.4) is 0 Å². The summed E-state index contributed by atoms with van der Waals surface area (Å²) in [6.07, 6.45) is 1.51. The SMILES string of the molecule is Cc1ccc(CNC(=O)c2nnc(CN3CCC[C@@H]3C(=O)O)s2)cc1.Cl. The molecule has 3 rings (SSSR count). The fourth-order valence-electron chi connectivity index (χ4n) is 2.84. The van der Waals surface area contributed by atoms with Gasteiger partial charge in [0.2, 0.25) is 5.01 Å². The van der Waals surface area contributed by atoms with Gasteiger partial charge in [-0.2, -0.15) is 0 Å². The van der Waals surface area contributed by atoms with Crippen LogP contribution in [0.5, 0.6) is 0 Å². The Kier molecular flexibility index (Phi) is 7.07. The van der Waals surface area contributed by atoms with Gasteiger partial charge in [0, 0.05) is 6.54 Å². The van der Waals surface area contributed by atoms with Crippen LogP contribution in [0, 0.1) is 6.92 Å². The molecule has 1 fully saturated rings. The van der Waals surface area contributed by atoms with Crippen LogP contribution in [0.25, 0.3) is 0 Å². The van der Waals surface area contributed by atoms with Crippen molar-refractivity contribution in [1.29, 1.82) is 0 Å². The van der Waals surface area contributed by atoms with Crippen molar-refractivity contribution in [2.24, 2.45) is 0 Å². The maximum Gasteiger partial charge on any atom is 0.320 e. The largest absolute Gasteiger partial charge is 0.480 e. The number of aryl methyl sites for hydroxylation is 1. The summed E-state index contributed by atoms with van der Waals surface area (Å²) < 4.78 is 0. The van der Waals surface area contributed by atoms with Gasteiger partial charge in [-0.3, -0.25) is 14.5 Å². The van der Waals surface area contributed by atoms with Gasteiger partial charge < -0.3 is 10.4 Å². The monoisotopic (exact) mass is 396 g/mol. The lowest BCUT2D eigenvalue weighted by Gasteiger charge is -2.18. The van der Waals surface area contributed by atoms with Gasteiger partial charge in [0.05, 0.1) is 6.54 Å². The van der Waals surface area contributed by atoms with Crippen molar-refractivity contribution in [3.8, 4) is 0 Å². The topological polar surface area (TPSA) is 95.4 Å². The number of nitrogens with zero attached hydrogens (tertiary/aromatic N) is 3. The number of hydrogen-bond acceptors (Lipinski definition) is 6. The molecule has 1 aromatic heterocycles. The van der Waals surface area contributed by atoms with E-state index in [-0.39, 0.29) is 18.3 Å². The van der Waals surface area contributed by atoms with Gasteiger partial charge in [-0.15, -0.1) is 22.6 Å². The molecule has 2 heterocycles. The second-order valence-electron chi connectivity index (χ2n) is 6.14. The molecule has 0 unspecified atom stereocenters. The van der Waals surface area contributed by atoms with Crippen LogP contribution in [0.2, 0.25) is 0 Å². The van der Waals surface area contributed by atoms with Gasteiger partial charge in [-0.05, 0) is 31.9 Å². The van der Waals surface area contributed by atoms with E-state index in [0.717, 1.165) is 18.5 Å².